The highest BCUT2D eigenvalue weighted by Gasteiger charge is 2.24. The average Bonchev–Trinajstić information content (AvgIpc) is 2.42. The second-order valence-corrected chi connectivity index (χ2v) is 7.34. The van der Waals surface area contributed by atoms with Gasteiger partial charge in [0.05, 0.1) is 5.60 Å². The van der Waals surface area contributed by atoms with Gasteiger partial charge in [-0.1, -0.05) is 13.3 Å². The maximum atomic E-state index is 12.1. The maximum Gasteiger partial charge on any atom is 0.248 e. The van der Waals surface area contributed by atoms with Crippen LogP contribution in [0.25, 0.3) is 0 Å². The van der Waals surface area contributed by atoms with E-state index in [-0.39, 0.29) is 18.1 Å². The summed E-state index contributed by atoms with van der Waals surface area (Å²) >= 11 is 0. The molecular weight excluding hydrogens is 264 g/mol. The van der Waals surface area contributed by atoms with Crippen molar-refractivity contribution in [2.45, 2.75) is 59.0 Å². The van der Waals surface area contributed by atoms with E-state index in [0.717, 1.165) is 31.8 Å². The summed E-state index contributed by atoms with van der Waals surface area (Å²) in [5.41, 5.74) is -0.240. The van der Waals surface area contributed by atoms with E-state index >= 15 is 0 Å². The smallest absolute Gasteiger partial charge is 0.248 e. The molecule has 0 unspecified atom stereocenters. The Bertz CT molecular complexity index is 304. The molecule has 0 atom stereocenters. The average molecular weight is 298 g/mol. The van der Waals surface area contributed by atoms with Crippen LogP contribution < -0.4 is 0 Å². The Balaban J connectivity index is 2.23. The van der Waals surface area contributed by atoms with Crippen LogP contribution in [0.2, 0.25) is 0 Å². The predicted molar refractivity (Wildman–Crippen MR) is 87.4 cm³/mol. The van der Waals surface area contributed by atoms with Crippen LogP contribution in [0.3, 0.4) is 0 Å². The molecule has 1 saturated heterocycles. The zero-order valence-electron chi connectivity index (χ0n) is 14.7. The quantitative estimate of drug-likeness (QED) is 0.724. The number of carbonyl (C=O) groups is 1. The van der Waals surface area contributed by atoms with Crippen LogP contribution >= 0.6 is 0 Å². The Labute approximate surface area is 130 Å². The largest absolute Gasteiger partial charge is 0.366 e. The minimum atomic E-state index is -0.240. The first-order chi connectivity index (χ1) is 9.81. The fraction of sp³-hybridized carbons (Fsp3) is 0.941. The van der Waals surface area contributed by atoms with Gasteiger partial charge in [-0.25, -0.2) is 0 Å². The minimum absolute atomic E-state index is 0.141. The summed E-state index contributed by atoms with van der Waals surface area (Å²) in [5.74, 6) is 0.877. The lowest BCUT2D eigenvalue weighted by Crippen LogP contribution is -2.43. The Morgan fingerprint density at radius 2 is 1.90 bits per heavy atom. The molecule has 0 saturated carbocycles. The van der Waals surface area contributed by atoms with Crippen LogP contribution in [0.1, 0.15) is 53.4 Å². The van der Waals surface area contributed by atoms with Crippen molar-refractivity contribution in [3.63, 3.8) is 0 Å². The highest BCUT2D eigenvalue weighted by Crippen LogP contribution is 2.19. The normalized spacial score (nSPS) is 17.5. The van der Waals surface area contributed by atoms with Crippen molar-refractivity contribution >= 4 is 5.91 Å². The molecular formula is C17H34N2O2. The minimum Gasteiger partial charge on any atom is -0.366 e. The summed E-state index contributed by atoms with van der Waals surface area (Å²) in [6, 6.07) is 0. The zero-order valence-corrected chi connectivity index (χ0v) is 14.7. The van der Waals surface area contributed by atoms with Crippen LogP contribution in [-0.2, 0) is 9.53 Å². The molecule has 0 aromatic rings. The molecule has 1 aliphatic heterocycles. The number of hydrogen-bond acceptors (Lipinski definition) is 3. The van der Waals surface area contributed by atoms with Gasteiger partial charge in [-0.3, -0.25) is 4.79 Å². The van der Waals surface area contributed by atoms with Crippen molar-refractivity contribution in [1.82, 2.24) is 9.80 Å². The molecule has 0 spiro atoms. The molecule has 0 aromatic heterocycles. The molecule has 1 fully saturated rings. The lowest BCUT2D eigenvalue weighted by molar-refractivity contribution is -0.142. The van der Waals surface area contributed by atoms with Crippen LogP contribution in [0.4, 0.5) is 0 Å². The topological polar surface area (TPSA) is 32.8 Å². The SMILES string of the molecule is CCCCN(C)CC1CCN(C(=O)COC(C)(C)C)CC1. The predicted octanol–water partition coefficient (Wildman–Crippen LogP) is 2.77. The maximum absolute atomic E-state index is 12.1. The molecule has 0 aliphatic carbocycles. The molecule has 0 aromatic carbocycles. The molecule has 1 aliphatic rings. The standard InChI is InChI=1S/C17H34N2O2/c1-6-7-10-18(5)13-15-8-11-19(12-9-15)16(20)14-21-17(2,3)4/h15H,6-14H2,1-5H3. The van der Waals surface area contributed by atoms with Gasteiger partial charge in [0.2, 0.25) is 5.91 Å². The number of ether oxygens (including phenoxy) is 1. The van der Waals surface area contributed by atoms with Gasteiger partial charge in [0, 0.05) is 19.6 Å². The summed E-state index contributed by atoms with van der Waals surface area (Å²) in [5, 5.41) is 0. The van der Waals surface area contributed by atoms with E-state index in [9.17, 15) is 4.79 Å². The lowest BCUT2D eigenvalue weighted by Gasteiger charge is -2.34. The van der Waals surface area contributed by atoms with Gasteiger partial charge in [0.15, 0.2) is 0 Å². The Hall–Kier alpha value is -0.610. The van der Waals surface area contributed by atoms with Gasteiger partial charge in [-0.15, -0.1) is 0 Å². The first-order valence-electron chi connectivity index (χ1n) is 8.42. The van der Waals surface area contributed by atoms with Crippen molar-refractivity contribution < 1.29 is 9.53 Å². The Morgan fingerprint density at radius 3 is 2.43 bits per heavy atom. The Morgan fingerprint density at radius 1 is 1.29 bits per heavy atom. The third-order valence-corrected chi connectivity index (χ3v) is 4.06. The summed E-state index contributed by atoms with van der Waals surface area (Å²) < 4.78 is 5.58. The summed E-state index contributed by atoms with van der Waals surface area (Å²) in [6.45, 7) is 12.5. The van der Waals surface area contributed by atoms with Gasteiger partial charge in [-0.05, 0) is 59.5 Å². The molecule has 124 valence electrons. The lowest BCUT2D eigenvalue weighted by atomic mass is 9.96. The highest BCUT2D eigenvalue weighted by atomic mass is 16.5. The number of hydrogen-bond donors (Lipinski definition) is 0. The molecule has 1 amide bonds. The van der Waals surface area contributed by atoms with E-state index in [1.165, 1.54) is 25.9 Å². The van der Waals surface area contributed by atoms with Crippen molar-refractivity contribution in [2.75, 3.05) is 39.8 Å². The van der Waals surface area contributed by atoms with E-state index in [1.54, 1.807) is 0 Å². The fourth-order valence-corrected chi connectivity index (χ4v) is 2.69. The number of likely N-dealkylation sites (tertiary alicyclic amines) is 1. The van der Waals surface area contributed by atoms with Crippen molar-refractivity contribution in [3.8, 4) is 0 Å². The van der Waals surface area contributed by atoms with Gasteiger partial charge in [-0.2, -0.15) is 0 Å². The summed E-state index contributed by atoms with van der Waals surface area (Å²) in [7, 11) is 2.21. The van der Waals surface area contributed by atoms with E-state index in [1.807, 2.05) is 25.7 Å². The van der Waals surface area contributed by atoms with Crippen LogP contribution in [0.5, 0.6) is 0 Å². The van der Waals surface area contributed by atoms with E-state index in [4.69, 9.17) is 4.74 Å². The number of nitrogens with zero attached hydrogens (tertiary/aromatic N) is 2. The number of unbranched alkanes of at least 4 members (excludes halogenated alkanes) is 1. The number of rotatable bonds is 7. The third kappa shape index (κ3) is 7.82. The molecule has 4 heteroatoms. The first-order valence-corrected chi connectivity index (χ1v) is 8.42. The van der Waals surface area contributed by atoms with Crippen LogP contribution in [0, 0.1) is 5.92 Å². The molecule has 0 bridgehead atoms. The first kappa shape index (κ1) is 18.4. The molecule has 21 heavy (non-hydrogen) atoms. The van der Waals surface area contributed by atoms with Crippen molar-refractivity contribution in [1.29, 1.82) is 0 Å². The van der Waals surface area contributed by atoms with Crippen molar-refractivity contribution in [3.05, 3.63) is 0 Å². The van der Waals surface area contributed by atoms with Crippen LogP contribution in [0.15, 0.2) is 0 Å². The summed E-state index contributed by atoms with van der Waals surface area (Å²) in [6.07, 6.45) is 4.78. The fourth-order valence-electron chi connectivity index (χ4n) is 2.69. The molecule has 0 N–H and O–H groups in total. The zero-order chi connectivity index (χ0) is 15.9. The molecule has 0 radical (unpaired) electrons. The number of carbonyl (C=O) groups excluding carboxylic acids is 1. The number of piperidine rings is 1. The second kappa shape index (κ2) is 8.74. The van der Waals surface area contributed by atoms with Crippen molar-refractivity contribution in [2.24, 2.45) is 5.92 Å². The van der Waals surface area contributed by atoms with Gasteiger partial charge in [0.25, 0.3) is 0 Å². The molecule has 1 heterocycles. The highest BCUT2D eigenvalue weighted by molar-refractivity contribution is 5.77. The van der Waals surface area contributed by atoms with Gasteiger partial charge in [0.1, 0.15) is 6.61 Å². The summed E-state index contributed by atoms with van der Waals surface area (Å²) in [4.78, 5) is 16.5. The molecule has 1 rings (SSSR count). The van der Waals surface area contributed by atoms with Gasteiger partial charge >= 0.3 is 0 Å². The van der Waals surface area contributed by atoms with Gasteiger partial charge < -0.3 is 14.5 Å². The Kier molecular flexibility index (Phi) is 7.67. The second-order valence-electron chi connectivity index (χ2n) is 7.34. The number of amides is 1. The molecule has 4 nitrogen and oxygen atoms in total. The van der Waals surface area contributed by atoms with Crippen LogP contribution in [-0.4, -0.2) is 61.1 Å². The van der Waals surface area contributed by atoms with E-state index < -0.39 is 0 Å². The van der Waals surface area contributed by atoms with E-state index in [2.05, 4.69) is 18.9 Å². The monoisotopic (exact) mass is 298 g/mol. The third-order valence-electron chi connectivity index (χ3n) is 4.06. The van der Waals surface area contributed by atoms with E-state index in [0.29, 0.717) is 0 Å².